The van der Waals surface area contributed by atoms with Crippen molar-refractivity contribution in [3.8, 4) is 0 Å². The van der Waals surface area contributed by atoms with Gasteiger partial charge in [-0.3, -0.25) is 9.59 Å². The number of esters is 1. The Bertz CT molecular complexity index is 478. The topological polar surface area (TPSA) is 43.4 Å². The van der Waals surface area contributed by atoms with E-state index in [2.05, 4.69) is 0 Å². The third kappa shape index (κ3) is 1.84. The van der Waals surface area contributed by atoms with Gasteiger partial charge < -0.3 is 4.74 Å². The lowest BCUT2D eigenvalue weighted by molar-refractivity contribution is -0.153. The number of benzene rings is 1. The first-order chi connectivity index (χ1) is 8.65. The van der Waals surface area contributed by atoms with Crippen molar-refractivity contribution in [3.63, 3.8) is 0 Å². The molecule has 0 amide bonds. The van der Waals surface area contributed by atoms with Gasteiger partial charge in [0.2, 0.25) is 0 Å². The molecule has 2 rings (SSSR count). The lowest BCUT2D eigenvalue weighted by atomic mass is 9.69. The zero-order valence-corrected chi connectivity index (χ0v) is 10.9. The summed E-state index contributed by atoms with van der Waals surface area (Å²) in [7, 11) is 0. The molecule has 0 bridgehead atoms. The van der Waals surface area contributed by atoms with E-state index in [1.54, 1.807) is 13.0 Å². The number of aryl methyl sites for hydroxylation is 1. The fourth-order valence-electron chi connectivity index (χ4n) is 2.62. The van der Waals surface area contributed by atoms with Crippen LogP contribution in [-0.4, -0.2) is 18.4 Å². The van der Waals surface area contributed by atoms with Crippen LogP contribution in [0.15, 0.2) is 24.3 Å². The van der Waals surface area contributed by atoms with Crippen LogP contribution >= 0.6 is 0 Å². The molecule has 0 aliphatic heterocycles. The van der Waals surface area contributed by atoms with E-state index >= 15 is 0 Å². The number of fused-ring (bicyclic) bond motifs is 1. The summed E-state index contributed by atoms with van der Waals surface area (Å²) >= 11 is 0. The summed E-state index contributed by atoms with van der Waals surface area (Å²) in [6.45, 7) is 3.96. The maximum Gasteiger partial charge on any atom is 0.320 e. The van der Waals surface area contributed by atoms with E-state index in [4.69, 9.17) is 4.74 Å². The molecule has 1 aliphatic rings. The van der Waals surface area contributed by atoms with E-state index in [-0.39, 0.29) is 11.8 Å². The van der Waals surface area contributed by atoms with Crippen molar-refractivity contribution >= 4 is 11.8 Å². The Balaban J connectivity index is 2.42. The first kappa shape index (κ1) is 12.8. The maximum atomic E-state index is 12.6. The quantitative estimate of drug-likeness (QED) is 0.608. The van der Waals surface area contributed by atoms with Crippen LogP contribution in [0.4, 0.5) is 0 Å². The molecular formula is C15H18O3. The number of rotatable bonds is 3. The first-order valence-corrected chi connectivity index (χ1v) is 6.45. The zero-order chi connectivity index (χ0) is 13.2. The van der Waals surface area contributed by atoms with Crippen molar-refractivity contribution in [1.82, 2.24) is 0 Å². The highest BCUT2D eigenvalue weighted by molar-refractivity contribution is 6.14. The highest BCUT2D eigenvalue weighted by Crippen LogP contribution is 2.39. The lowest BCUT2D eigenvalue weighted by Crippen LogP contribution is -2.43. The molecule has 0 heterocycles. The standard InChI is InChI=1S/C15H18O3/c1-3-15(14(17)18-4-2)10-9-11-7-5-6-8-12(11)13(15)16/h5-8H,3-4,9-10H2,1-2H3. The van der Waals surface area contributed by atoms with Crippen molar-refractivity contribution < 1.29 is 14.3 Å². The zero-order valence-electron chi connectivity index (χ0n) is 10.9. The van der Waals surface area contributed by atoms with Gasteiger partial charge in [-0.2, -0.15) is 0 Å². The summed E-state index contributed by atoms with van der Waals surface area (Å²) in [6, 6.07) is 7.53. The molecule has 0 radical (unpaired) electrons. The van der Waals surface area contributed by atoms with E-state index in [1.807, 2.05) is 25.1 Å². The van der Waals surface area contributed by atoms with Crippen molar-refractivity contribution in [2.75, 3.05) is 6.61 Å². The average Bonchev–Trinajstić information content (AvgIpc) is 2.40. The summed E-state index contributed by atoms with van der Waals surface area (Å²) in [6.07, 6.45) is 1.81. The van der Waals surface area contributed by atoms with E-state index in [0.29, 0.717) is 25.0 Å². The number of hydrogen-bond acceptors (Lipinski definition) is 3. The Labute approximate surface area is 107 Å². The Morgan fingerprint density at radius 2 is 2.06 bits per heavy atom. The van der Waals surface area contributed by atoms with Gasteiger partial charge in [-0.1, -0.05) is 31.2 Å². The van der Waals surface area contributed by atoms with Crippen LogP contribution in [0.25, 0.3) is 0 Å². The van der Waals surface area contributed by atoms with Crippen LogP contribution in [-0.2, 0) is 16.0 Å². The molecule has 1 aromatic rings. The van der Waals surface area contributed by atoms with Gasteiger partial charge in [0.15, 0.2) is 5.78 Å². The number of ketones is 1. The largest absolute Gasteiger partial charge is 0.465 e. The van der Waals surface area contributed by atoms with E-state index in [1.165, 1.54) is 0 Å². The SMILES string of the molecule is CCOC(=O)C1(CC)CCc2ccccc2C1=O. The molecule has 0 aromatic heterocycles. The van der Waals surface area contributed by atoms with Gasteiger partial charge in [0.25, 0.3) is 0 Å². The van der Waals surface area contributed by atoms with Crippen LogP contribution in [0, 0.1) is 5.41 Å². The number of hydrogen-bond donors (Lipinski definition) is 0. The second-order valence-corrected chi connectivity index (χ2v) is 4.64. The summed E-state index contributed by atoms with van der Waals surface area (Å²) < 4.78 is 5.10. The maximum absolute atomic E-state index is 12.6. The molecule has 1 atom stereocenters. The van der Waals surface area contributed by atoms with Crippen molar-refractivity contribution in [1.29, 1.82) is 0 Å². The minimum absolute atomic E-state index is 0.0784. The summed E-state index contributed by atoms with van der Waals surface area (Å²) in [5, 5.41) is 0. The fraction of sp³-hybridized carbons (Fsp3) is 0.467. The van der Waals surface area contributed by atoms with Crippen LogP contribution in [0.5, 0.6) is 0 Å². The molecule has 1 aliphatic carbocycles. The van der Waals surface area contributed by atoms with Gasteiger partial charge >= 0.3 is 5.97 Å². The molecule has 0 saturated heterocycles. The molecule has 0 fully saturated rings. The fourth-order valence-corrected chi connectivity index (χ4v) is 2.62. The Hall–Kier alpha value is -1.64. The van der Waals surface area contributed by atoms with Crippen molar-refractivity contribution in [2.24, 2.45) is 5.41 Å². The predicted molar refractivity (Wildman–Crippen MR) is 68.5 cm³/mol. The minimum Gasteiger partial charge on any atom is -0.465 e. The second-order valence-electron chi connectivity index (χ2n) is 4.64. The summed E-state index contributed by atoms with van der Waals surface area (Å²) in [4.78, 5) is 24.7. The number of Topliss-reactive ketones (excluding diaryl/α,β-unsaturated/α-hetero) is 1. The molecule has 1 unspecified atom stereocenters. The molecule has 96 valence electrons. The Kier molecular flexibility index (Phi) is 3.50. The molecule has 3 nitrogen and oxygen atoms in total. The third-order valence-electron chi connectivity index (χ3n) is 3.79. The monoisotopic (exact) mass is 246 g/mol. The number of carbonyl (C=O) groups is 2. The third-order valence-corrected chi connectivity index (χ3v) is 3.79. The molecule has 18 heavy (non-hydrogen) atoms. The summed E-state index contributed by atoms with van der Waals surface area (Å²) in [5.41, 5.74) is 0.749. The summed E-state index contributed by atoms with van der Waals surface area (Å²) in [5.74, 6) is -0.447. The number of carbonyl (C=O) groups excluding carboxylic acids is 2. The molecular weight excluding hydrogens is 228 g/mol. The van der Waals surface area contributed by atoms with Crippen LogP contribution in [0.2, 0.25) is 0 Å². The predicted octanol–water partition coefficient (Wildman–Crippen LogP) is 2.78. The molecule has 0 spiro atoms. The first-order valence-electron chi connectivity index (χ1n) is 6.45. The van der Waals surface area contributed by atoms with E-state index in [0.717, 1.165) is 12.0 Å². The highest BCUT2D eigenvalue weighted by atomic mass is 16.5. The van der Waals surface area contributed by atoms with Gasteiger partial charge in [-0.25, -0.2) is 0 Å². The van der Waals surface area contributed by atoms with E-state index < -0.39 is 5.41 Å². The van der Waals surface area contributed by atoms with Crippen LogP contribution < -0.4 is 0 Å². The Morgan fingerprint density at radius 3 is 2.72 bits per heavy atom. The smallest absolute Gasteiger partial charge is 0.320 e. The lowest BCUT2D eigenvalue weighted by Gasteiger charge is -2.33. The van der Waals surface area contributed by atoms with Crippen LogP contribution in [0.3, 0.4) is 0 Å². The number of ether oxygens (including phenoxy) is 1. The van der Waals surface area contributed by atoms with E-state index in [9.17, 15) is 9.59 Å². The molecule has 0 saturated carbocycles. The van der Waals surface area contributed by atoms with Crippen LogP contribution in [0.1, 0.15) is 42.6 Å². The minimum atomic E-state index is -0.968. The molecule has 3 heteroatoms. The van der Waals surface area contributed by atoms with Gasteiger partial charge in [0, 0.05) is 5.56 Å². The van der Waals surface area contributed by atoms with Crippen molar-refractivity contribution in [3.05, 3.63) is 35.4 Å². The van der Waals surface area contributed by atoms with Gasteiger partial charge in [-0.15, -0.1) is 0 Å². The van der Waals surface area contributed by atoms with Gasteiger partial charge in [0.1, 0.15) is 5.41 Å². The second kappa shape index (κ2) is 4.92. The average molecular weight is 246 g/mol. The van der Waals surface area contributed by atoms with Gasteiger partial charge in [0.05, 0.1) is 6.61 Å². The normalized spacial score (nSPS) is 22.4. The molecule has 0 N–H and O–H groups in total. The van der Waals surface area contributed by atoms with Crippen molar-refractivity contribution in [2.45, 2.75) is 33.1 Å². The highest BCUT2D eigenvalue weighted by Gasteiger charge is 2.48. The Morgan fingerprint density at radius 1 is 1.33 bits per heavy atom. The molecule has 1 aromatic carbocycles. The van der Waals surface area contributed by atoms with Gasteiger partial charge in [-0.05, 0) is 31.7 Å².